The first-order chi connectivity index (χ1) is 16.1. The average molecular weight is 451 g/mol. The van der Waals surface area contributed by atoms with Gasteiger partial charge in [-0.05, 0) is 36.1 Å². The topological polar surface area (TPSA) is 96.9 Å². The summed E-state index contributed by atoms with van der Waals surface area (Å²) in [6, 6.07) is 17.3. The molecule has 33 heavy (non-hydrogen) atoms. The quantitative estimate of drug-likeness (QED) is 0.564. The molecular weight excluding hydrogens is 420 g/mol. The van der Waals surface area contributed by atoms with E-state index in [9.17, 15) is 14.7 Å². The Balaban J connectivity index is 1.29. The average Bonchev–Trinajstić information content (AvgIpc) is 2.86. The smallest absolute Gasteiger partial charge is 0.227 e. The van der Waals surface area contributed by atoms with Crippen LogP contribution >= 0.6 is 0 Å². The lowest BCUT2D eigenvalue weighted by Crippen LogP contribution is -2.50. The third kappa shape index (κ3) is 6.28. The van der Waals surface area contributed by atoms with Crippen molar-refractivity contribution in [1.29, 1.82) is 0 Å². The van der Waals surface area contributed by atoms with E-state index < -0.39 is 18.2 Å². The van der Waals surface area contributed by atoms with Crippen LogP contribution in [0.2, 0.25) is 0 Å². The minimum Gasteiger partial charge on any atom is -0.394 e. The molecule has 0 aromatic heterocycles. The molecule has 7 nitrogen and oxygen atoms in total. The van der Waals surface area contributed by atoms with Crippen molar-refractivity contribution in [1.82, 2.24) is 5.32 Å². The lowest BCUT2D eigenvalue weighted by atomic mass is 9.97. The van der Waals surface area contributed by atoms with Crippen LogP contribution in [0, 0.1) is 5.92 Å². The minimum atomic E-state index is -0.596. The summed E-state index contributed by atoms with van der Waals surface area (Å²) in [7, 11) is 0. The fourth-order valence-corrected chi connectivity index (χ4v) is 4.15. The lowest BCUT2D eigenvalue weighted by Gasteiger charge is -2.33. The van der Waals surface area contributed by atoms with Crippen LogP contribution < -0.4 is 10.6 Å². The predicted molar refractivity (Wildman–Crippen MR) is 125 cm³/mol. The largest absolute Gasteiger partial charge is 0.394 e. The number of anilines is 1. The molecule has 2 amide bonds. The first kappa shape index (κ1) is 23.2. The second kappa shape index (κ2) is 11.2. The van der Waals surface area contributed by atoms with Crippen LogP contribution in [-0.4, -0.2) is 55.0 Å². The molecule has 2 heterocycles. The maximum atomic E-state index is 12.5. The van der Waals surface area contributed by atoms with E-state index in [0.717, 1.165) is 11.1 Å². The van der Waals surface area contributed by atoms with Crippen LogP contribution in [0.15, 0.2) is 66.7 Å². The Morgan fingerprint density at radius 3 is 2.33 bits per heavy atom. The van der Waals surface area contributed by atoms with E-state index in [-0.39, 0.29) is 30.8 Å². The number of benzene rings is 2. The molecule has 2 aliphatic heterocycles. The number of aliphatic hydroxyl groups is 1. The zero-order valence-corrected chi connectivity index (χ0v) is 18.5. The molecular formula is C26H30N2O5. The number of ether oxygens (including phenoxy) is 2. The lowest BCUT2D eigenvalue weighted by molar-refractivity contribution is -0.131. The molecule has 2 aromatic rings. The molecule has 2 aromatic carbocycles. The third-order valence-corrected chi connectivity index (χ3v) is 6.03. The standard InChI is InChI=1S/C26H30N2O5/c29-17-24-23(28-26(31)20-12-14-32-15-13-20)11-10-22(33-24)16-25(30)27-21-8-6-19(7-9-21)18-4-2-1-3-5-18/h1-11,20,22-24,29H,12-17H2,(H,27,30)(H,28,31)/t22-,23+,24+/m1/s1. The number of hydrogen-bond donors (Lipinski definition) is 3. The van der Waals surface area contributed by atoms with Crippen molar-refractivity contribution in [3.05, 3.63) is 66.7 Å². The summed E-state index contributed by atoms with van der Waals surface area (Å²) in [5.74, 6) is -0.313. The van der Waals surface area contributed by atoms with E-state index in [1.54, 1.807) is 6.08 Å². The van der Waals surface area contributed by atoms with E-state index in [1.807, 2.05) is 60.7 Å². The second-order valence-corrected chi connectivity index (χ2v) is 8.40. The van der Waals surface area contributed by atoms with E-state index in [2.05, 4.69) is 10.6 Å². The molecule has 0 aliphatic carbocycles. The molecule has 7 heteroatoms. The number of carbonyl (C=O) groups excluding carboxylic acids is 2. The molecule has 4 rings (SSSR count). The van der Waals surface area contributed by atoms with E-state index in [4.69, 9.17) is 9.47 Å². The molecule has 174 valence electrons. The number of rotatable bonds is 7. The number of aliphatic hydroxyl groups excluding tert-OH is 1. The molecule has 0 radical (unpaired) electrons. The van der Waals surface area contributed by atoms with Gasteiger partial charge in [0.05, 0.1) is 25.2 Å². The van der Waals surface area contributed by atoms with Crippen molar-refractivity contribution in [2.24, 2.45) is 5.92 Å². The summed E-state index contributed by atoms with van der Waals surface area (Å²) in [6.45, 7) is 0.928. The highest BCUT2D eigenvalue weighted by Crippen LogP contribution is 2.22. The van der Waals surface area contributed by atoms with E-state index in [1.165, 1.54) is 0 Å². The maximum absolute atomic E-state index is 12.5. The van der Waals surface area contributed by atoms with Crippen LogP contribution in [0.1, 0.15) is 19.3 Å². The highest BCUT2D eigenvalue weighted by atomic mass is 16.5. The van der Waals surface area contributed by atoms with Gasteiger partial charge in [-0.3, -0.25) is 9.59 Å². The Bertz CT molecular complexity index is 954. The monoisotopic (exact) mass is 450 g/mol. The molecule has 3 N–H and O–H groups in total. The normalized spacial score (nSPS) is 23.1. The second-order valence-electron chi connectivity index (χ2n) is 8.40. The van der Waals surface area contributed by atoms with Gasteiger partial charge in [0.2, 0.25) is 11.8 Å². The van der Waals surface area contributed by atoms with Crippen molar-refractivity contribution in [3.63, 3.8) is 0 Å². The van der Waals surface area contributed by atoms with Crippen molar-refractivity contribution in [3.8, 4) is 11.1 Å². The maximum Gasteiger partial charge on any atom is 0.227 e. The summed E-state index contributed by atoms with van der Waals surface area (Å²) >= 11 is 0. The molecule has 2 aliphatic rings. The Labute approximate surface area is 193 Å². The van der Waals surface area contributed by atoms with Crippen molar-refractivity contribution in [2.45, 2.75) is 37.5 Å². The summed E-state index contributed by atoms with van der Waals surface area (Å²) in [6.07, 6.45) is 4.04. The Morgan fingerprint density at radius 1 is 0.939 bits per heavy atom. The molecule has 1 fully saturated rings. The van der Waals surface area contributed by atoms with Crippen molar-refractivity contribution in [2.75, 3.05) is 25.1 Å². The van der Waals surface area contributed by atoms with Gasteiger partial charge in [-0.2, -0.15) is 0 Å². The molecule has 0 bridgehead atoms. The number of hydrogen-bond acceptors (Lipinski definition) is 5. The fourth-order valence-electron chi connectivity index (χ4n) is 4.15. The van der Waals surface area contributed by atoms with Gasteiger partial charge in [-0.15, -0.1) is 0 Å². The van der Waals surface area contributed by atoms with E-state index in [0.29, 0.717) is 31.7 Å². The van der Waals surface area contributed by atoms with Gasteiger partial charge in [-0.1, -0.05) is 54.6 Å². The van der Waals surface area contributed by atoms with Gasteiger partial charge in [-0.25, -0.2) is 0 Å². The van der Waals surface area contributed by atoms with Gasteiger partial charge in [0.1, 0.15) is 6.10 Å². The van der Waals surface area contributed by atoms with Crippen LogP contribution in [0.5, 0.6) is 0 Å². The summed E-state index contributed by atoms with van der Waals surface area (Å²) in [4.78, 5) is 25.0. The first-order valence-corrected chi connectivity index (χ1v) is 11.4. The summed E-state index contributed by atoms with van der Waals surface area (Å²) in [5.41, 5.74) is 2.90. The van der Waals surface area contributed by atoms with Crippen LogP contribution in [0.25, 0.3) is 11.1 Å². The number of nitrogens with one attached hydrogen (secondary N) is 2. The SMILES string of the molecule is O=C(C[C@H]1C=C[C@H](NC(=O)C2CCOCC2)[C@H](CO)O1)Nc1ccc(-c2ccccc2)cc1. The van der Waals surface area contributed by atoms with Gasteiger partial charge in [0.25, 0.3) is 0 Å². The molecule has 0 saturated carbocycles. The van der Waals surface area contributed by atoms with Gasteiger partial charge in [0, 0.05) is 24.8 Å². The van der Waals surface area contributed by atoms with Crippen LogP contribution in [-0.2, 0) is 19.1 Å². The van der Waals surface area contributed by atoms with Gasteiger partial charge >= 0.3 is 0 Å². The number of carbonyl (C=O) groups is 2. The zero-order chi connectivity index (χ0) is 23.0. The Kier molecular flexibility index (Phi) is 7.88. The van der Waals surface area contributed by atoms with Crippen molar-refractivity contribution < 1.29 is 24.2 Å². The van der Waals surface area contributed by atoms with E-state index >= 15 is 0 Å². The summed E-state index contributed by atoms with van der Waals surface area (Å²) < 4.78 is 11.2. The molecule has 1 saturated heterocycles. The Hall–Kier alpha value is -3.00. The summed E-state index contributed by atoms with van der Waals surface area (Å²) in [5, 5.41) is 15.6. The first-order valence-electron chi connectivity index (χ1n) is 11.4. The fraction of sp³-hybridized carbons (Fsp3) is 0.385. The van der Waals surface area contributed by atoms with Gasteiger partial charge < -0.3 is 25.2 Å². The van der Waals surface area contributed by atoms with Crippen molar-refractivity contribution >= 4 is 17.5 Å². The van der Waals surface area contributed by atoms with Gasteiger partial charge in [0.15, 0.2) is 0 Å². The van der Waals surface area contributed by atoms with Crippen LogP contribution in [0.3, 0.4) is 0 Å². The highest BCUT2D eigenvalue weighted by molar-refractivity contribution is 5.91. The minimum absolute atomic E-state index is 0.0508. The van der Waals surface area contributed by atoms with Crippen LogP contribution in [0.4, 0.5) is 5.69 Å². The molecule has 0 spiro atoms. The third-order valence-electron chi connectivity index (χ3n) is 6.03. The predicted octanol–water partition coefficient (Wildman–Crippen LogP) is 2.91. The molecule has 3 atom stereocenters. The highest BCUT2D eigenvalue weighted by Gasteiger charge is 2.31. The molecule has 0 unspecified atom stereocenters. The number of amides is 2. The zero-order valence-electron chi connectivity index (χ0n) is 18.5. The Morgan fingerprint density at radius 2 is 1.64 bits per heavy atom.